The number of hydrogen-bond donors (Lipinski definition) is 0. The predicted octanol–water partition coefficient (Wildman–Crippen LogP) is 1.82. The van der Waals surface area contributed by atoms with E-state index in [-0.39, 0.29) is 0 Å². The van der Waals surface area contributed by atoms with E-state index in [4.69, 9.17) is 0 Å². The van der Waals surface area contributed by atoms with Crippen LogP contribution in [0.15, 0.2) is 29.4 Å². The highest BCUT2D eigenvalue weighted by atomic mass is 32.2. The van der Waals surface area contributed by atoms with Gasteiger partial charge in [0, 0.05) is 17.9 Å². The van der Waals surface area contributed by atoms with Gasteiger partial charge < -0.3 is 5.21 Å². The molecule has 2 nitrogen and oxygen atoms in total. The molecule has 3 heteroatoms. The first-order chi connectivity index (χ1) is 5.34. The molecule has 0 radical (unpaired) electrons. The maximum Gasteiger partial charge on any atom is 0.251 e. The Balaban J connectivity index is 2.62. The summed E-state index contributed by atoms with van der Waals surface area (Å²) in [5.74, 6) is 1.01. The third kappa shape index (κ3) is 2.42. The van der Waals surface area contributed by atoms with E-state index < -0.39 is 0 Å². The zero-order valence-corrected chi connectivity index (χ0v) is 7.30. The summed E-state index contributed by atoms with van der Waals surface area (Å²) in [6, 6.07) is 5.46. The zero-order valence-electron chi connectivity index (χ0n) is 6.49. The Labute approximate surface area is 70.8 Å². The molecule has 0 bridgehead atoms. The van der Waals surface area contributed by atoms with Crippen molar-refractivity contribution in [1.82, 2.24) is 0 Å². The fourth-order valence-electron chi connectivity index (χ4n) is 0.731. The van der Waals surface area contributed by atoms with Crippen molar-refractivity contribution >= 4 is 11.8 Å². The predicted molar refractivity (Wildman–Crippen MR) is 46.4 cm³/mol. The average molecular weight is 169 g/mol. The molecular formula is C8H11NOS. The van der Waals surface area contributed by atoms with E-state index in [2.05, 4.69) is 6.92 Å². The van der Waals surface area contributed by atoms with Crippen LogP contribution >= 0.6 is 11.8 Å². The van der Waals surface area contributed by atoms with Crippen LogP contribution in [0.5, 0.6) is 0 Å². The Bertz CT molecular complexity index is 227. The van der Waals surface area contributed by atoms with Crippen LogP contribution in [0.25, 0.3) is 0 Å². The van der Waals surface area contributed by atoms with Crippen LogP contribution in [0.4, 0.5) is 0 Å². The highest BCUT2D eigenvalue weighted by Gasteiger charge is 2.01. The van der Waals surface area contributed by atoms with E-state index in [9.17, 15) is 5.21 Å². The van der Waals surface area contributed by atoms with Crippen LogP contribution in [0, 0.1) is 5.21 Å². The van der Waals surface area contributed by atoms with Crippen molar-refractivity contribution in [3.63, 3.8) is 0 Å². The quantitative estimate of drug-likeness (QED) is 0.392. The van der Waals surface area contributed by atoms with Gasteiger partial charge in [-0.15, -0.1) is 0 Å². The minimum Gasteiger partial charge on any atom is -0.618 e. The lowest BCUT2D eigenvalue weighted by molar-refractivity contribution is -0.645. The van der Waals surface area contributed by atoms with E-state index in [0.29, 0.717) is 0 Å². The maximum atomic E-state index is 11.0. The molecule has 0 unspecified atom stereocenters. The molecule has 0 N–H and O–H groups in total. The molecule has 0 spiro atoms. The largest absolute Gasteiger partial charge is 0.618 e. The van der Waals surface area contributed by atoms with Crippen molar-refractivity contribution < 1.29 is 4.73 Å². The summed E-state index contributed by atoms with van der Waals surface area (Å²) in [6.07, 6.45) is 2.62. The first-order valence-electron chi connectivity index (χ1n) is 3.65. The summed E-state index contributed by atoms with van der Waals surface area (Å²) in [5, 5.41) is 11.8. The molecule has 0 aromatic carbocycles. The van der Waals surface area contributed by atoms with Gasteiger partial charge in [0.15, 0.2) is 6.20 Å². The molecular weight excluding hydrogens is 158 g/mol. The van der Waals surface area contributed by atoms with Gasteiger partial charge in [0.2, 0.25) is 0 Å². The van der Waals surface area contributed by atoms with Crippen molar-refractivity contribution in [1.29, 1.82) is 0 Å². The third-order valence-electron chi connectivity index (χ3n) is 1.24. The lowest BCUT2D eigenvalue weighted by Crippen LogP contribution is -2.27. The van der Waals surface area contributed by atoms with Gasteiger partial charge in [-0.25, -0.2) is 0 Å². The number of hydrogen-bond acceptors (Lipinski definition) is 2. The molecule has 0 saturated heterocycles. The summed E-state index contributed by atoms with van der Waals surface area (Å²) >= 11 is 1.60. The Hall–Kier alpha value is -0.700. The van der Waals surface area contributed by atoms with Crippen molar-refractivity contribution in [3.8, 4) is 0 Å². The lowest BCUT2D eigenvalue weighted by Gasteiger charge is -2.00. The van der Waals surface area contributed by atoms with Gasteiger partial charge in [-0.05, 0) is 12.5 Å². The van der Waals surface area contributed by atoms with Crippen LogP contribution in [-0.2, 0) is 0 Å². The van der Waals surface area contributed by atoms with Crippen molar-refractivity contribution in [2.75, 3.05) is 5.75 Å². The molecule has 0 atom stereocenters. The monoisotopic (exact) mass is 169 g/mol. The fraction of sp³-hybridized carbons (Fsp3) is 0.375. The van der Waals surface area contributed by atoms with E-state index in [0.717, 1.165) is 21.9 Å². The van der Waals surface area contributed by atoms with Crippen LogP contribution < -0.4 is 4.73 Å². The Morgan fingerprint density at radius 2 is 2.36 bits per heavy atom. The van der Waals surface area contributed by atoms with Gasteiger partial charge in [0.05, 0.1) is 0 Å². The van der Waals surface area contributed by atoms with Gasteiger partial charge in [-0.1, -0.05) is 18.7 Å². The number of nitrogens with zero attached hydrogens (tertiary/aromatic N) is 1. The second kappa shape index (κ2) is 4.23. The summed E-state index contributed by atoms with van der Waals surface area (Å²) in [5.41, 5.74) is 0. The first kappa shape index (κ1) is 8.40. The minimum absolute atomic E-state index is 0.786. The lowest BCUT2D eigenvalue weighted by atomic mass is 10.5. The van der Waals surface area contributed by atoms with E-state index in [1.807, 2.05) is 12.1 Å². The molecule has 0 aliphatic rings. The fourth-order valence-corrected chi connectivity index (χ4v) is 1.51. The van der Waals surface area contributed by atoms with Crippen LogP contribution in [0.1, 0.15) is 13.3 Å². The SMILES string of the molecule is CCCSc1cccc[n+]1[O-]. The van der Waals surface area contributed by atoms with Crippen molar-refractivity contribution in [2.24, 2.45) is 0 Å². The van der Waals surface area contributed by atoms with E-state index in [1.54, 1.807) is 17.8 Å². The molecule has 1 heterocycles. The number of pyridine rings is 1. The molecule has 0 amide bonds. The van der Waals surface area contributed by atoms with E-state index in [1.165, 1.54) is 6.20 Å². The standard InChI is InChI=1S/C8H11NOS/c1-2-7-11-8-5-3-4-6-9(8)10/h3-6H,2,7H2,1H3. The Kier molecular flexibility index (Phi) is 3.23. The molecule has 0 saturated carbocycles. The smallest absolute Gasteiger partial charge is 0.251 e. The molecule has 60 valence electrons. The zero-order chi connectivity index (χ0) is 8.10. The molecule has 0 fully saturated rings. The number of aromatic nitrogens is 1. The molecule has 11 heavy (non-hydrogen) atoms. The molecule has 1 rings (SSSR count). The number of rotatable bonds is 3. The molecule has 0 aliphatic heterocycles. The second-order valence-electron chi connectivity index (χ2n) is 2.21. The summed E-state index contributed by atoms with van der Waals surface area (Å²) in [7, 11) is 0. The summed E-state index contributed by atoms with van der Waals surface area (Å²) in [6.45, 7) is 2.10. The highest BCUT2D eigenvalue weighted by molar-refractivity contribution is 7.99. The summed E-state index contributed by atoms with van der Waals surface area (Å²) < 4.78 is 0.903. The van der Waals surface area contributed by atoms with Crippen molar-refractivity contribution in [2.45, 2.75) is 18.4 Å². The first-order valence-corrected chi connectivity index (χ1v) is 4.64. The van der Waals surface area contributed by atoms with Gasteiger partial charge in [0.25, 0.3) is 5.03 Å². The average Bonchev–Trinajstić information content (AvgIpc) is 2.03. The van der Waals surface area contributed by atoms with Gasteiger partial charge in [-0.2, -0.15) is 4.73 Å². The highest BCUT2D eigenvalue weighted by Crippen LogP contribution is 2.12. The topological polar surface area (TPSA) is 26.9 Å². The molecule has 1 aromatic rings. The normalized spacial score (nSPS) is 9.91. The van der Waals surface area contributed by atoms with Crippen LogP contribution in [-0.4, -0.2) is 5.75 Å². The third-order valence-corrected chi connectivity index (χ3v) is 2.47. The Morgan fingerprint density at radius 3 is 3.00 bits per heavy atom. The number of thioether (sulfide) groups is 1. The van der Waals surface area contributed by atoms with Crippen molar-refractivity contribution in [3.05, 3.63) is 29.6 Å². The maximum absolute atomic E-state index is 11.0. The Morgan fingerprint density at radius 1 is 1.55 bits per heavy atom. The van der Waals surface area contributed by atoms with Crippen LogP contribution in [0.2, 0.25) is 0 Å². The van der Waals surface area contributed by atoms with E-state index >= 15 is 0 Å². The molecule has 0 aliphatic carbocycles. The van der Waals surface area contributed by atoms with Gasteiger partial charge >= 0.3 is 0 Å². The van der Waals surface area contributed by atoms with Gasteiger partial charge in [-0.3, -0.25) is 0 Å². The molecule has 1 aromatic heterocycles. The van der Waals surface area contributed by atoms with Gasteiger partial charge in [0.1, 0.15) is 0 Å². The summed E-state index contributed by atoms with van der Waals surface area (Å²) in [4.78, 5) is 0. The minimum atomic E-state index is 0.786. The second-order valence-corrected chi connectivity index (χ2v) is 3.33. The van der Waals surface area contributed by atoms with Crippen LogP contribution in [0.3, 0.4) is 0 Å².